The average Bonchev–Trinajstić information content (AvgIpc) is 3.15. The van der Waals surface area contributed by atoms with E-state index in [1.807, 2.05) is 23.9 Å². The highest BCUT2D eigenvalue weighted by Gasteiger charge is 2.14. The third kappa shape index (κ3) is 3.39. The molecule has 3 rings (SSSR count). The Labute approximate surface area is 130 Å². The van der Waals surface area contributed by atoms with Gasteiger partial charge in [0.15, 0.2) is 5.96 Å². The van der Waals surface area contributed by atoms with E-state index in [1.54, 1.807) is 0 Å². The van der Waals surface area contributed by atoms with Gasteiger partial charge in [0, 0.05) is 32.0 Å². The van der Waals surface area contributed by atoms with Gasteiger partial charge in [0.2, 0.25) is 0 Å². The summed E-state index contributed by atoms with van der Waals surface area (Å²) in [5, 5.41) is 8.92. The molecule has 0 amide bonds. The predicted molar refractivity (Wildman–Crippen MR) is 87.9 cm³/mol. The zero-order valence-electron chi connectivity index (χ0n) is 13.0. The smallest absolute Gasteiger partial charge is 0.188 e. The summed E-state index contributed by atoms with van der Waals surface area (Å²) in [4.78, 5) is 4.34. The first-order chi connectivity index (χ1) is 10.7. The highest BCUT2D eigenvalue weighted by Crippen LogP contribution is 2.17. The molecule has 1 aromatic heterocycles. The summed E-state index contributed by atoms with van der Waals surface area (Å²) >= 11 is 0. The fourth-order valence-corrected chi connectivity index (χ4v) is 2.83. The normalized spacial score (nSPS) is 19.0. The molecular weight excluding hydrogens is 278 g/mol. The lowest BCUT2D eigenvalue weighted by molar-refractivity contribution is 0.118. The van der Waals surface area contributed by atoms with Crippen molar-refractivity contribution in [2.75, 3.05) is 19.7 Å². The third-order valence-electron chi connectivity index (χ3n) is 3.99. The van der Waals surface area contributed by atoms with Crippen LogP contribution in [0.1, 0.15) is 18.5 Å². The van der Waals surface area contributed by atoms with Crippen molar-refractivity contribution in [2.24, 2.45) is 17.8 Å². The lowest BCUT2D eigenvalue weighted by Crippen LogP contribution is -2.34. The van der Waals surface area contributed by atoms with Gasteiger partial charge >= 0.3 is 0 Å². The SMILES string of the molecule is Cn1nc(CCNC(N)=NCC2CCCO2)c2ccccc21. The van der Waals surface area contributed by atoms with Crippen molar-refractivity contribution in [3.05, 3.63) is 30.0 Å². The standard InChI is InChI=1S/C16H23N5O/c1-21-15-7-3-2-6-13(15)14(20-21)8-9-18-16(17)19-11-12-5-4-10-22-12/h2-3,6-7,12H,4-5,8-11H2,1H3,(H3,17,18,19). The van der Waals surface area contributed by atoms with Crippen LogP contribution in [0.2, 0.25) is 0 Å². The topological polar surface area (TPSA) is 77.5 Å². The van der Waals surface area contributed by atoms with Crippen molar-refractivity contribution >= 4 is 16.9 Å². The molecule has 1 aromatic carbocycles. The number of aromatic nitrogens is 2. The van der Waals surface area contributed by atoms with Crippen LogP contribution in [0.15, 0.2) is 29.3 Å². The maximum atomic E-state index is 5.89. The van der Waals surface area contributed by atoms with Gasteiger partial charge in [-0.3, -0.25) is 9.67 Å². The van der Waals surface area contributed by atoms with E-state index in [4.69, 9.17) is 10.5 Å². The molecule has 2 aromatic rings. The van der Waals surface area contributed by atoms with E-state index in [2.05, 4.69) is 27.5 Å². The molecule has 1 aliphatic heterocycles. The number of nitrogens with two attached hydrogens (primary N) is 1. The first kappa shape index (κ1) is 14.8. The van der Waals surface area contributed by atoms with E-state index in [-0.39, 0.29) is 6.10 Å². The molecule has 6 heteroatoms. The highest BCUT2D eigenvalue weighted by atomic mass is 16.5. The largest absolute Gasteiger partial charge is 0.376 e. The summed E-state index contributed by atoms with van der Waals surface area (Å²) in [6.45, 7) is 2.22. The molecule has 1 unspecified atom stereocenters. The lowest BCUT2D eigenvalue weighted by atomic mass is 10.2. The zero-order chi connectivity index (χ0) is 15.4. The fourth-order valence-electron chi connectivity index (χ4n) is 2.83. The van der Waals surface area contributed by atoms with Crippen molar-refractivity contribution in [1.29, 1.82) is 0 Å². The number of guanidine groups is 1. The molecule has 6 nitrogen and oxygen atoms in total. The van der Waals surface area contributed by atoms with Crippen molar-refractivity contribution in [1.82, 2.24) is 15.1 Å². The summed E-state index contributed by atoms with van der Waals surface area (Å²) in [5.41, 5.74) is 8.12. The van der Waals surface area contributed by atoms with E-state index < -0.39 is 0 Å². The van der Waals surface area contributed by atoms with Gasteiger partial charge in [-0.25, -0.2) is 0 Å². The van der Waals surface area contributed by atoms with Gasteiger partial charge in [0.1, 0.15) is 0 Å². The van der Waals surface area contributed by atoms with Crippen LogP contribution in [-0.2, 0) is 18.2 Å². The minimum atomic E-state index is 0.236. The predicted octanol–water partition coefficient (Wildman–Crippen LogP) is 1.20. The first-order valence-electron chi connectivity index (χ1n) is 7.80. The Hall–Kier alpha value is -2.08. The number of benzene rings is 1. The number of fused-ring (bicyclic) bond motifs is 1. The van der Waals surface area contributed by atoms with Crippen LogP contribution in [0.5, 0.6) is 0 Å². The number of nitrogens with one attached hydrogen (secondary N) is 1. The molecule has 2 heterocycles. The Morgan fingerprint density at radius 3 is 3.18 bits per heavy atom. The molecule has 0 aliphatic carbocycles. The molecule has 1 aliphatic rings. The maximum absolute atomic E-state index is 5.89. The minimum absolute atomic E-state index is 0.236. The summed E-state index contributed by atoms with van der Waals surface area (Å²) < 4.78 is 7.44. The fraction of sp³-hybridized carbons (Fsp3) is 0.500. The van der Waals surface area contributed by atoms with Crippen molar-refractivity contribution in [3.8, 4) is 0 Å². The van der Waals surface area contributed by atoms with E-state index in [0.717, 1.165) is 43.6 Å². The molecule has 1 fully saturated rings. The Bertz CT molecular complexity index is 658. The Balaban J connectivity index is 1.52. The molecule has 1 atom stereocenters. The maximum Gasteiger partial charge on any atom is 0.188 e. The molecule has 118 valence electrons. The number of aryl methyl sites for hydroxylation is 1. The molecule has 0 radical (unpaired) electrons. The Kier molecular flexibility index (Phi) is 4.58. The number of nitrogens with zero attached hydrogens (tertiary/aromatic N) is 3. The number of hydrogen-bond acceptors (Lipinski definition) is 3. The number of aliphatic imine (C=N–C) groups is 1. The second kappa shape index (κ2) is 6.79. The quantitative estimate of drug-likeness (QED) is 0.642. The summed E-state index contributed by atoms with van der Waals surface area (Å²) in [7, 11) is 1.97. The average molecular weight is 301 g/mol. The van der Waals surface area contributed by atoms with E-state index in [1.165, 1.54) is 5.39 Å². The molecular formula is C16H23N5O. The second-order valence-corrected chi connectivity index (χ2v) is 5.63. The molecule has 0 saturated carbocycles. The van der Waals surface area contributed by atoms with Gasteiger partial charge in [0.05, 0.1) is 23.9 Å². The number of para-hydroxylation sites is 1. The lowest BCUT2D eigenvalue weighted by Gasteiger charge is -2.08. The summed E-state index contributed by atoms with van der Waals surface area (Å²) in [5.74, 6) is 0.482. The monoisotopic (exact) mass is 301 g/mol. The highest BCUT2D eigenvalue weighted by molar-refractivity contribution is 5.82. The van der Waals surface area contributed by atoms with Gasteiger partial charge in [-0.15, -0.1) is 0 Å². The number of rotatable bonds is 5. The number of hydrogen-bond donors (Lipinski definition) is 2. The van der Waals surface area contributed by atoms with Crippen LogP contribution in [0, 0.1) is 0 Å². The van der Waals surface area contributed by atoms with Crippen LogP contribution in [-0.4, -0.2) is 41.5 Å². The molecule has 0 bridgehead atoms. The van der Waals surface area contributed by atoms with Crippen molar-refractivity contribution < 1.29 is 4.74 Å². The van der Waals surface area contributed by atoms with Crippen LogP contribution in [0.25, 0.3) is 10.9 Å². The van der Waals surface area contributed by atoms with E-state index >= 15 is 0 Å². The van der Waals surface area contributed by atoms with E-state index in [9.17, 15) is 0 Å². The zero-order valence-corrected chi connectivity index (χ0v) is 13.0. The third-order valence-corrected chi connectivity index (χ3v) is 3.99. The first-order valence-corrected chi connectivity index (χ1v) is 7.80. The van der Waals surface area contributed by atoms with Gasteiger partial charge in [0.25, 0.3) is 0 Å². The van der Waals surface area contributed by atoms with Gasteiger partial charge in [-0.2, -0.15) is 5.10 Å². The van der Waals surface area contributed by atoms with Crippen LogP contribution in [0.4, 0.5) is 0 Å². The summed E-state index contributed by atoms with van der Waals surface area (Å²) in [6.07, 6.45) is 3.26. The second-order valence-electron chi connectivity index (χ2n) is 5.63. The Morgan fingerprint density at radius 2 is 2.36 bits per heavy atom. The molecule has 22 heavy (non-hydrogen) atoms. The molecule has 1 saturated heterocycles. The van der Waals surface area contributed by atoms with Gasteiger partial charge in [-0.05, 0) is 18.9 Å². The van der Waals surface area contributed by atoms with Gasteiger partial charge in [-0.1, -0.05) is 18.2 Å². The van der Waals surface area contributed by atoms with Crippen LogP contribution >= 0.6 is 0 Å². The van der Waals surface area contributed by atoms with Gasteiger partial charge < -0.3 is 15.8 Å². The van der Waals surface area contributed by atoms with Crippen LogP contribution in [0.3, 0.4) is 0 Å². The molecule has 0 spiro atoms. The Morgan fingerprint density at radius 1 is 1.50 bits per heavy atom. The van der Waals surface area contributed by atoms with E-state index in [0.29, 0.717) is 12.5 Å². The summed E-state index contributed by atoms with van der Waals surface area (Å²) in [6, 6.07) is 8.25. The van der Waals surface area contributed by atoms with Crippen molar-refractivity contribution in [3.63, 3.8) is 0 Å². The number of ether oxygens (including phenoxy) is 1. The minimum Gasteiger partial charge on any atom is -0.376 e. The molecule has 3 N–H and O–H groups in total. The van der Waals surface area contributed by atoms with Crippen molar-refractivity contribution in [2.45, 2.75) is 25.4 Å². The van der Waals surface area contributed by atoms with Crippen LogP contribution < -0.4 is 11.1 Å².